The van der Waals surface area contributed by atoms with Gasteiger partial charge in [0.15, 0.2) is 0 Å². The van der Waals surface area contributed by atoms with Crippen LogP contribution in [0.15, 0.2) is 0 Å². The van der Waals surface area contributed by atoms with Crippen molar-refractivity contribution in [3.8, 4) is 0 Å². The van der Waals surface area contributed by atoms with Gasteiger partial charge in [0.2, 0.25) is 0 Å². The van der Waals surface area contributed by atoms with Crippen molar-refractivity contribution in [3.05, 3.63) is 0 Å². The van der Waals surface area contributed by atoms with Gasteiger partial charge in [0, 0.05) is 25.2 Å². The van der Waals surface area contributed by atoms with Gasteiger partial charge in [-0.3, -0.25) is 4.90 Å². The molecule has 0 spiro atoms. The molecule has 2 N–H and O–H groups in total. The zero-order valence-electron chi connectivity index (χ0n) is 12.7. The van der Waals surface area contributed by atoms with Gasteiger partial charge < -0.3 is 10.5 Å². The lowest BCUT2D eigenvalue weighted by molar-refractivity contribution is 0.00244. The zero-order valence-corrected chi connectivity index (χ0v) is 12.7. The number of hydrogen-bond donors (Lipinski definition) is 1. The molecular weight excluding hydrogens is 224 g/mol. The fourth-order valence-corrected chi connectivity index (χ4v) is 3.84. The Labute approximate surface area is 113 Å². The lowest BCUT2D eigenvalue weighted by Crippen LogP contribution is -2.58. The first-order valence-electron chi connectivity index (χ1n) is 7.60. The van der Waals surface area contributed by atoms with Crippen LogP contribution in [0.3, 0.4) is 0 Å². The van der Waals surface area contributed by atoms with Crippen LogP contribution < -0.4 is 5.73 Å². The quantitative estimate of drug-likeness (QED) is 0.711. The largest absolute Gasteiger partial charge is 0.380 e. The van der Waals surface area contributed by atoms with E-state index in [-0.39, 0.29) is 5.54 Å². The molecule has 0 aromatic heterocycles. The number of likely N-dealkylation sites (N-methyl/N-ethyl adjacent to an activating group) is 1. The average Bonchev–Trinajstić information content (AvgIpc) is 2.33. The lowest BCUT2D eigenvalue weighted by Gasteiger charge is -2.49. The fourth-order valence-electron chi connectivity index (χ4n) is 3.84. The molecule has 0 radical (unpaired) electrons. The Kier molecular flexibility index (Phi) is 6.61. The standard InChI is InChI=1S/C15H32N2O/c1-5-17(7-8-18-6-2)15(12-16)10-13(3)9-14(4)11-15/h13-14H,5-12,16H2,1-4H3. The van der Waals surface area contributed by atoms with Gasteiger partial charge in [-0.2, -0.15) is 0 Å². The van der Waals surface area contributed by atoms with E-state index < -0.39 is 0 Å². The second-order valence-corrected chi connectivity index (χ2v) is 6.06. The molecule has 3 nitrogen and oxygen atoms in total. The molecule has 0 aromatic rings. The summed E-state index contributed by atoms with van der Waals surface area (Å²) in [5.74, 6) is 1.58. The van der Waals surface area contributed by atoms with Crippen LogP contribution in [0.25, 0.3) is 0 Å². The average molecular weight is 256 g/mol. The van der Waals surface area contributed by atoms with E-state index in [2.05, 4.69) is 32.6 Å². The summed E-state index contributed by atoms with van der Waals surface area (Å²) in [4.78, 5) is 2.56. The topological polar surface area (TPSA) is 38.5 Å². The molecule has 1 saturated carbocycles. The van der Waals surface area contributed by atoms with Gasteiger partial charge in [-0.15, -0.1) is 0 Å². The Morgan fingerprint density at radius 2 is 1.83 bits per heavy atom. The first-order valence-corrected chi connectivity index (χ1v) is 7.60. The van der Waals surface area contributed by atoms with Crippen molar-refractivity contribution >= 4 is 0 Å². The highest BCUT2D eigenvalue weighted by molar-refractivity contribution is 4.97. The van der Waals surface area contributed by atoms with Gasteiger partial charge in [-0.1, -0.05) is 20.8 Å². The highest BCUT2D eigenvalue weighted by Crippen LogP contribution is 2.39. The maximum absolute atomic E-state index is 6.16. The molecule has 1 rings (SSSR count). The molecular formula is C15H32N2O. The van der Waals surface area contributed by atoms with Crippen LogP contribution in [0, 0.1) is 11.8 Å². The van der Waals surface area contributed by atoms with Crippen molar-refractivity contribution in [2.75, 3.05) is 32.8 Å². The molecule has 0 aliphatic heterocycles. The second-order valence-electron chi connectivity index (χ2n) is 6.06. The molecule has 3 heteroatoms. The molecule has 0 amide bonds. The molecule has 1 aliphatic carbocycles. The molecule has 1 fully saturated rings. The van der Waals surface area contributed by atoms with Gasteiger partial charge in [0.05, 0.1) is 6.61 Å². The molecule has 2 unspecified atom stereocenters. The summed E-state index contributed by atoms with van der Waals surface area (Å²) in [5.41, 5.74) is 6.37. The number of ether oxygens (including phenoxy) is 1. The minimum absolute atomic E-state index is 0.211. The van der Waals surface area contributed by atoms with Crippen molar-refractivity contribution in [1.29, 1.82) is 0 Å². The Bertz CT molecular complexity index is 223. The highest BCUT2D eigenvalue weighted by atomic mass is 16.5. The van der Waals surface area contributed by atoms with Crippen LogP contribution in [-0.2, 0) is 4.74 Å². The molecule has 0 saturated heterocycles. The Hall–Kier alpha value is -0.120. The van der Waals surface area contributed by atoms with Crippen molar-refractivity contribution in [1.82, 2.24) is 4.90 Å². The third-order valence-corrected chi connectivity index (χ3v) is 4.40. The van der Waals surface area contributed by atoms with Crippen LogP contribution in [0.4, 0.5) is 0 Å². The minimum Gasteiger partial charge on any atom is -0.380 e. The van der Waals surface area contributed by atoms with Gasteiger partial charge >= 0.3 is 0 Å². The monoisotopic (exact) mass is 256 g/mol. The molecule has 0 heterocycles. The molecule has 0 aromatic carbocycles. The first kappa shape index (κ1) is 15.9. The van der Waals surface area contributed by atoms with E-state index in [1.807, 2.05) is 0 Å². The summed E-state index contributed by atoms with van der Waals surface area (Å²) in [6.45, 7) is 13.5. The third kappa shape index (κ3) is 3.94. The lowest BCUT2D eigenvalue weighted by atomic mass is 9.70. The predicted molar refractivity (Wildman–Crippen MR) is 77.7 cm³/mol. The van der Waals surface area contributed by atoms with Gasteiger partial charge in [-0.05, 0) is 44.6 Å². The normalized spacial score (nSPS) is 33.0. The number of nitrogens with zero attached hydrogens (tertiary/aromatic N) is 1. The van der Waals surface area contributed by atoms with Crippen LogP contribution >= 0.6 is 0 Å². The molecule has 0 bridgehead atoms. The maximum Gasteiger partial charge on any atom is 0.0593 e. The summed E-state index contributed by atoms with van der Waals surface area (Å²) >= 11 is 0. The van der Waals surface area contributed by atoms with Gasteiger partial charge in [0.1, 0.15) is 0 Å². The summed E-state index contributed by atoms with van der Waals surface area (Å²) in [6, 6.07) is 0. The van der Waals surface area contributed by atoms with Crippen molar-refractivity contribution in [2.24, 2.45) is 17.6 Å². The van der Waals surface area contributed by atoms with Crippen LogP contribution in [0.2, 0.25) is 0 Å². The summed E-state index contributed by atoms with van der Waals surface area (Å²) in [6.07, 6.45) is 3.84. The van der Waals surface area contributed by atoms with E-state index in [4.69, 9.17) is 10.5 Å². The molecule has 2 atom stereocenters. The summed E-state index contributed by atoms with van der Waals surface area (Å²) in [7, 11) is 0. The number of nitrogens with two attached hydrogens (primary N) is 1. The van der Waals surface area contributed by atoms with Crippen molar-refractivity contribution in [3.63, 3.8) is 0 Å². The first-order chi connectivity index (χ1) is 8.57. The van der Waals surface area contributed by atoms with E-state index in [1.54, 1.807) is 0 Å². The smallest absolute Gasteiger partial charge is 0.0593 e. The Morgan fingerprint density at radius 3 is 2.28 bits per heavy atom. The van der Waals surface area contributed by atoms with Crippen LogP contribution in [0.5, 0.6) is 0 Å². The van der Waals surface area contributed by atoms with E-state index >= 15 is 0 Å². The maximum atomic E-state index is 6.16. The molecule has 1 aliphatic rings. The zero-order chi connectivity index (χ0) is 13.6. The Morgan fingerprint density at radius 1 is 1.22 bits per heavy atom. The fraction of sp³-hybridized carbons (Fsp3) is 1.00. The summed E-state index contributed by atoms with van der Waals surface area (Å²) < 4.78 is 5.52. The van der Waals surface area contributed by atoms with E-state index in [0.29, 0.717) is 0 Å². The minimum atomic E-state index is 0.211. The second kappa shape index (κ2) is 7.46. The van der Waals surface area contributed by atoms with E-state index in [1.165, 1.54) is 19.3 Å². The van der Waals surface area contributed by atoms with Crippen molar-refractivity contribution < 1.29 is 4.74 Å². The number of hydrogen-bond acceptors (Lipinski definition) is 3. The SMILES string of the molecule is CCOCCN(CC)C1(CN)CC(C)CC(C)C1. The van der Waals surface area contributed by atoms with E-state index in [9.17, 15) is 0 Å². The molecule has 108 valence electrons. The highest BCUT2D eigenvalue weighted by Gasteiger charge is 2.40. The van der Waals surface area contributed by atoms with Gasteiger partial charge in [0.25, 0.3) is 0 Å². The van der Waals surface area contributed by atoms with E-state index in [0.717, 1.165) is 44.7 Å². The van der Waals surface area contributed by atoms with Crippen molar-refractivity contribution in [2.45, 2.75) is 52.5 Å². The van der Waals surface area contributed by atoms with Gasteiger partial charge in [-0.25, -0.2) is 0 Å². The summed E-state index contributed by atoms with van der Waals surface area (Å²) in [5, 5.41) is 0. The van der Waals surface area contributed by atoms with Crippen LogP contribution in [-0.4, -0.2) is 43.3 Å². The third-order valence-electron chi connectivity index (χ3n) is 4.40. The Balaban J connectivity index is 2.69. The molecule has 18 heavy (non-hydrogen) atoms. The number of rotatable bonds is 7. The van der Waals surface area contributed by atoms with Crippen LogP contribution in [0.1, 0.15) is 47.0 Å². The predicted octanol–water partition coefficient (Wildman–Crippen LogP) is 2.50.